The number of nitrogens with two attached hydrogens (primary N) is 1. The largest absolute Gasteiger partial charge is 0.482 e. The van der Waals surface area contributed by atoms with Crippen LogP contribution in [0.1, 0.15) is 53.8 Å². The van der Waals surface area contributed by atoms with Crippen LogP contribution >= 0.6 is 11.6 Å². The number of likely N-dealkylation sites (tertiary alicyclic amines) is 1. The molecule has 4 aromatic rings. The molecule has 256 valence electrons. The van der Waals surface area contributed by atoms with E-state index in [0.717, 1.165) is 37.0 Å². The van der Waals surface area contributed by atoms with Crippen molar-refractivity contribution < 1.29 is 32.6 Å². The first kappa shape index (κ1) is 32.7. The maximum atomic E-state index is 15.1. The van der Waals surface area contributed by atoms with Gasteiger partial charge >= 0.3 is 18.1 Å². The van der Waals surface area contributed by atoms with Crippen molar-refractivity contribution in [1.29, 1.82) is 0 Å². The number of methoxy groups -OCH3 is 1. The summed E-state index contributed by atoms with van der Waals surface area (Å²) in [7, 11) is 1.37. The van der Waals surface area contributed by atoms with Gasteiger partial charge in [0.25, 0.3) is 5.91 Å². The average molecular weight is 694 g/mol. The molecule has 1 aromatic carbocycles. The number of halogens is 3. The van der Waals surface area contributed by atoms with E-state index in [1.165, 1.54) is 25.4 Å². The zero-order valence-corrected chi connectivity index (χ0v) is 27.5. The van der Waals surface area contributed by atoms with E-state index in [0.29, 0.717) is 70.5 Å². The van der Waals surface area contributed by atoms with Gasteiger partial charge in [0.2, 0.25) is 0 Å². The summed E-state index contributed by atoms with van der Waals surface area (Å²) in [6.45, 7) is 1.45. The fourth-order valence-electron chi connectivity index (χ4n) is 6.72. The molecule has 2 fully saturated rings. The summed E-state index contributed by atoms with van der Waals surface area (Å²) in [6.07, 6.45) is 3.43. The van der Waals surface area contributed by atoms with Gasteiger partial charge in [0.05, 0.1) is 47.5 Å². The molecule has 1 aliphatic carbocycles. The van der Waals surface area contributed by atoms with Gasteiger partial charge in [-0.2, -0.15) is 13.9 Å². The Morgan fingerprint density at radius 2 is 1.92 bits per heavy atom. The SMILES string of the molecule is COC(=O)N1CCC[C@H](Cn2ncc3c(-c4ccc5c(c4)OC(F)(F)C(=O)N5Cc4ccc(Cl)cn4)c(C(N)=O)c(CC4CC4)nc32)CC1. The van der Waals surface area contributed by atoms with Crippen molar-refractivity contribution in [3.8, 4) is 16.9 Å². The first-order chi connectivity index (χ1) is 23.5. The molecule has 0 bridgehead atoms. The molecule has 3 aromatic heterocycles. The van der Waals surface area contributed by atoms with E-state index in [4.69, 9.17) is 31.8 Å². The van der Waals surface area contributed by atoms with Gasteiger partial charge in [0.1, 0.15) is 0 Å². The molecular formula is C34H34ClF2N7O5. The minimum absolute atomic E-state index is 0.116. The van der Waals surface area contributed by atoms with Gasteiger partial charge in [-0.3, -0.25) is 19.5 Å². The lowest BCUT2D eigenvalue weighted by atomic mass is 9.93. The molecule has 49 heavy (non-hydrogen) atoms. The van der Waals surface area contributed by atoms with Crippen molar-refractivity contribution >= 4 is 46.2 Å². The van der Waals surface area contributed by atoms with E-state index in [9.17, 15) is 14.4 Å². The van der Waals surface area contributed by atoms with Gasteiger partial charge in [-0.05, 0) is 80.2 Å². The lowest BCUT2D eigenvalue weighted by Crippen LogP contribution is -2.50. The number of benzene rings is 1. The molecule has 7 rings (SSSR count). The van der Waals surface area contributed by atoms with Crippen molar-refractivity contribution in [2.75, 3.05) is 25.1 Å². The number of hydrogen-bond acceptors (Lipinski definition) is 8. The number of primary amides is 1. The second-order valence-corrected chi connectivity index (χ2v) is 13.2. The molecule has 0 spiro atoms. The van der Waals surface area contributed by atoms with Crippen LogP contribution in [0, 0.1) is 11.8 Å². The van der Waals surface area contributed by atoms with Gasteiger partial charge in [-0.25, -0.2) is 14.5 Å². The van der Waals surface area contributed by atoms with Crippen molar-refractivity contribution in [3.63, 3.8) is 0 Å². The van der Waals surface area contributed by atoms with E-state index in [-0.39, 0.29) is 35.6 Å². The molecule has 1 saturated heterocycles. The van der Waals surface area contributed by atoms with Crippen LogP contribution in [0.4, 0.5) is 19.3 Å². The number of amides is 3. The van der Waals surface area contributed by atoms with E-state index >= 15 is 8.78 Å². The fourth-order valence-corrected chi connectivity index (χ4v) is 6.84. The number of anilines is 1. The lowest BCUT2D eigenvalue weighted by Gasteiger charge is -2.33. The highest BCUT2D eigenvalue weighted by Crippen LogP contribution is 2.45. The first-order valence-corrected chi connectivity index (χ1v) is 16.5. The van der Waals surface area contributed by atoms with Crippen molar-refractivity contribution in [2.45, 2.75) is 57.7 Å². The third kappa shape index (κ3) is 6.48. The van der Waals surface area contributed by atoms with E-state index in [1.807, 2.05) is 0 Å². The molecule has 1 atom stereocenters. The van der Waals surface area contributed by atoms with Crippen LogP contribution in [-0.4, -0.2) is 68.9 Å². The summed E-state index contributed by atoms with van der Waals surface area (Å²) >= 11 is 5.94. The van der Waals surface area contributed by atoms with Crippen molar-refractivity contribution in [2.24, 2.45) is 17.6 Å². The smallest absolute Gasteiger partial charge is 0.453 e. The maximum absolute atomic E-state index is 15.1. The Kier molecular flexibility index (Phi) is 8.59. The number of nitrogens with zero attached hydrogens (tertiary/aromatic N) is 6. The molecule has 0 unspecified atom stereocenters. The lowest BCUT2D eigenvalue weighted by molar-refractivity contribution is -0.193. The number of ether oxygens (including phenoxy) is 2. The average Bonchev–Trinajstić information content (AvgIpc) is 3.85. The van der Waals surface area contributed by atoms with Gasteiger partial charge in [-0.1, -0.05) is 17.7 Å². The van der Waals surface area contributed by atoms with E-state index < -0.39 is 17.9 Å². The van der Waals surface area contributed by atoms with Crippen LogP contribution in [0.15, 0.2) is 42.7 Å². The van der Waals surface area contributed by atoms with Gasteiger partial charge in [0, 0.05) is 36.8 Å². The number of aromatic nitrogens is 4. The Bertz CT molecular complexity index is 1950. The number of carbonyl (C=O) groups is 3. The number of carbonyl (C=O) groups excluding carboxylic acids is 3. The quantitative estimate of drug-likeness (QED) is 0.252. The summed E-state index contributed by atoms with van der Waals surface area (Å²) in [4.78, 5) is 49.8. The van der Waals surface area contributed by atoms with Gasteiger partial charge < -0.3 is 20.1 Å². The Balaban J connectivity index is 1.30. The minimum atomic E-state index is -4.15. The Hall–Kier alpha value is -4.85. The fraction of sp³-hybridized carbons (Fsp3) is 0.412. The predicted molar refractivity (Wildman–Crippen MR) is 175 cm³/mol. The summed E-state index contributed by atoms with van der Waals surface area (Å²) in [5.74, 6) is -1.93. The first-order valence-electron chi connectivity index (χ1n) is 16.2. The third-order valence-electron chi connectivity index (χ3n) is 9.38. The van der Waals surface area contributed by atoms with Crippen LogP contribution in [0.3, 0.4) is 0 Å². The molecule has 15 heteroatoms. The van der Waals surface area contributed by atoms with E-state index in [1.54, 1.807) is 34.0 Å². The molecule has 2 N–H and O–H groups in total. The molecule has 1 saturated carbocycles. The monoisotopic (exact) mass is 693 g/mol. The minimum Gasteiger partial charge on any atom is -0.453 e. The number of hydrogen-bond donors (Lipinski definition) is 1. The topological polar surface area (TPSA) is 146 Å². The van der Waals surface area contributed by atoms with Crippen LogP contribution < -0.4 is 15.4 Å². The number of pyridine rings is 2. The van der Waals surface area contributed by atoms with Crippen LogP contribution in [0.25, 0.3) is 22.2 Å². The number of alkyl halides is 2. The van der Waals surface area contributed by atoms with Gasteiger partial charge in [-0.15, -0.1) is 0 Å². The normalized spacial score (nSPS) is 18.9. The predicted octanol–water partition coefficient (Wildman–Crippen LogP) is 5.59. The van der Waals surface area contributed by atoms with Crippen LogP contribution in [-0.2, 0) is 29.0 Å². The summed E-state index contributed by atoms with van der Waals surface area (Å²) in [5.41, 5.74) is 8.53. The van der Waals surface area contributed by atoms with Crippen LogP contribution in [0.5, 0.6) is 5.75 Å². The highest BCUT2D eigenvalue weighted by molar-refractivity contribution is 6.30. The number of rotatable bonds is 8. The van der Waals surface area contributed by atoms with Crippen molar-refractivity contribution in [1.82, 2.24) is 24.6 Å². The summed E-state index contributed by atoms with van der Waals surface area (Å²) in [5, 5.41) is 5.57. The molecule has 0 radical (unpaired) electrons. The molecule has 2 aliphatic heterocycles. The zero-order valence-electron chi connectivity index (χ0n) is 26.7. The maximum Gasteiger partial charge on any atom is 0.482 e. The summed E-state index contributed by atoms with van der Waals surface area (Å²) < 4.78 is 41.8. The summed E-state index contributed by atoms with van der Waals surface area (Å²) in [6, 6.07) is 7.66. The standard InChI is InChI=1S/C34H34ClF2N7O5/c1-48-33(47)42-11-2-3-20(10-12-42)17-44-31-24(16-40-44)28(29(30(38)45)25(41-31)13-19-4-5-19)21-6-9-26-27(14-21)49-34(36,37)32(46)43(26)18-23-8-7-22(35)15-39-23/h6-9,14-16,19-20H,2-5,10-13,17-18H2,1H3,(H2,38,45)/t20-/m0/s1. The Morgan fingerprint density at radius 3 is 2.63 bits per heavy atom. The van der Waals surface area contributed by atoms with Crippen LogP contribution in [0.2, 0.25) is 5.02 Å². The second kappa shape index (κ2) is 12.9. The molecule has 5 heterocycles. The Labute approximate surface area is 285 Å². The number of fused-ring (bicyclic) bond motifs is 2. The molecule has 3 aliphatic rings. The van der Waals surface area contributed by atoms with E-state index in [2.05, 4.69) is 10.1 Å². The highest BCUT2D eigenvalue weighted by Gasteiger charge is 2.50. The molecule has 12 nitrogen and oxygen atoms in total. The zero-order chi connectivity index (χ0) is 34.4. The Morgan fingerprint density at radius 1 is 1.10 bits per heavy atom. The second-order valence-electron chi connectivity index (χ2n) is 12.8. The van der Waals surface area contributed by atoms with Gasteiger partial charge in [0.15, 0.2) is 11.4 Å². The third-order valence-corrected chi connectivity index (χ3v) is 9.60. The van der Waals surface area contributed by atoms with Crippen molar-refractivity contribution in [3.05, 3.63) is 64.7 Å². The molecular weight excluding hydrogens is 660 g/mol. The highest BCUT2D eigenvalue weighted by atomic mass is 35.5. The molecule has 3 amide bonds.